The van der Waals surface area contributed by atoms with Crippen molar-refractivity contribution >= 4 is 17.0 Å². The Morgan fingerprint density at radius 3 is 2.95 bits per heavy atom. The first kappa shape index (κ1) is 12.1. The van der Waals surface area contributed by atoms with Gasteiger partial charge in [0.15, 0.2) is 0 Å². The lowest BCUT2D eigenvalue weighted by Gasteiger charge is -2.27. The fourth-order valence-electron chi connectivity index (χ4n) is 2.36. The van der Waals surface area contributed by atoms with Gasteiger partial charge in [-0.15, -0.1) is 0 Å². The molecule has 1 aliphatic heterocycles. The third kappa shape index (κ3) is 2.09. The molecule has 19 heavy (non-hydrogen) atoms. The van der Waals surface area contributed by atoms with E-state index in [9.17, 15) is 4.79 Å². The molecule has 0 amide bonds. The van der Waals surface area contributed by atoms with E-state index in [1.54, 1.807) is 0 Å². The summed E-state index contributed by atoms with van der Waals surface area (Å²) in [5.41, 5.74) is 1.96. The molecule has 3 rings (SSSR count). The molecule has 1 fully saturated rings. The van der Waals surface area contributed by atoms with Crippen LogP contribution in [0.1, 0.15) is 11.9 Å². The Balaban J connectivity index is 1.86. The number of aromatic nitrogens is 2. The molecular formula is C13H15N3O3. The van der Waals surface area contributed by atoms with Gasteiger partial charge >= 0.3 is 5.97 Å². The number of ether oxygens (including phenoxy) is 1. The van der Waals surface area contributed by atoms with Gasteiger partial charge in [0.1, 0.15) is 18.0 Å². The zero-order chi connectivity index (χ0) is 13.4. The van der Waals surface area contributed by atoms with Crippen molar-refractivity contribution in [2.24, 2.45) is 7.05 Å². The first-order valence-corrected chi connectivity index (χ1v) is 6.16. The molecule has 0 aliphatic carbocycles. The van der Waals surface area contributed by atoms with Gasteiger partial charge < -0.3 is 14.4 Å². The number of aliphatic carboxylic acids is 1. The number of nitrogens with zero attached hydrogens (tertiary/aromatic N) is 2. The van der Waals surface area contributed by atoms with Crippen molar-refractivity contribution in [2.45, 2.75) is 12.1 Å². The van der Waals surface area contributed by atoms with Crippen LogP contribution in [0.3, 0.4) is 0 Å². The maximum atomic E-state index is 10.8. The number of fused-ring (bicyclic) bond motifs is 1. The van der Waals surface area contributed by atoms with Crippen molar-refractivity contribution in [3.05, 3.63) is 30.1 Å². The fourth-order valence-corrected chi connectivity index (χ4v) is 2.36. The van der Waals surface area contributed by atoms with Crippen LogP contribution < -0.4 is 5.32 Å². The summed E-state index contributed by atoms with van der Waals surface area (Å²) in [6.45, 7) is 0.608. The van der Waals surface area contributed by atoms with Gasteiger partial charge in [0.25, 0.3) is 0 Å². The summed E-state index contributed by atoms with van der Waals surface area (Å²) >= 11 is 0. The molecule has 100 valence electrons. The number of benzene rings is 1. The molecule has 2 unspecified atom stereocenters. The third-order valence-corrected chi connectivity index (χ3v) is 3.42. The first-order chi connectivity index (χ1) is 9.16. The summed E-state index contributed by atoms with van der Waals surface area (Å²) in [4.78, 5) is 15.4. The lowest BCUT2D eigenvalue weighted by atomic mass is 10.2. The van der Waals surface area contributed by atoms with Gasteiger partial charge in [-0.25, -0.2) is 4.98 Å². The van der Waals surface area contributed by atoms with Gasteiger partial charge in [-0.1, -0.05) is 12.1 Å². The number of carbonyl (C=O) groups is 1. The molecule has 0 radical (unpaired) electrons. The van der Waals surface area contributed by atoms with Crippen molar-refractivity contribution < 1.29 is 14.6 Å². The predicted octanol–water partition coefficient (Wildman–Crippen LogP) is 0.687. The molecule has 1 aliphatic rings. The minimum absolute atomic E-state index is 0.156. The number of hydrogen-bond donors (Lipinski definition) is 2. The standard InChI is InChI=1S/C13H15N3O3/c1-16-10-5-3-2-4-8(10)15-12(16)11-6-14-9(7-19-11)13(17)18/h2-5,9,11,14H,6-7H2,1H3,(H,17,18). The summed E-state index contributed by atoms with van der Waals surface area (Å²) in [6.07, 6.45) is -0.215. The highest BCUT2D eigenvalue weighted by Gasteiger charge is 2.29. The van der Waals surface area contributed by atoms with Crippen LogP contribution in [0.15, 0.2) is 24.3 Å². The fraction of sp³-hybridized carbons (Fsp3) is 0.385. The monoisotopic (exact) mass is 261 g/mol. The maximum absolute atomic E-state index is 10.8. The number of carboxylic acids is 1. The number of aryl methyl sites for hydroxylation is 1. The highest BCUT2D eigenvalue weighted by molar-refractivity contribution is 5.76. The van der Waals surface area contributed by atoms with Crippen LogP contribution in [-0.2, 0) is 16.6 Å². The molecule has 6 heteroatoms. The Bertz CT molecular complexity index is 615. The highest BCUT2D eigenvalue weighted by Crippen LogP contribution is 2.23. The second-order valence-corrected chi connectivity index (χ2v) is 4.64. The Hall–Kier alpha value is -1.92. The molecule has 0 spiro atoms. The summed E-state index contributed by atoms with van der Waals surface area (Å²) in [5.74, 6) is -0.0685. The second kappa shape index (κ2) is 4.64. The molecule has 2 aromatic rings. The van der Waals surface area contributed by atoms with Crippen molar-refractivity contribution in [3.63, 3.8) is 0 Å². The zero-order valence-corrected chi connectivity index (χ0v) is 10.5. The lowest BCUT2D eigenvalue weighted by molar-refractivity contribution is -0.144. The smallest absolute Gasteiger partial charge is 0.323 e. The molecule has 6 nitrogen and oxygen atoms in total. The van der Waals surface area contributed by atoms with Gasteiger partial charge in [-0.3, -0.25) is 10.1 Å². The SMILES string of the molecule is Cn1c(C2CNC(C(=O)O)CO2)nc2ccccc21. The average molecular weight is 261 g/mol. The number of nitrogens with one attached hydrogen (secondary N) is 1. The normalized spacial score (nSPS) is 23.6. The van der Waals surface area contributed by atoms with Gasteiger partial charge in [0.05, 0.1) is 17.6 Å². The van der Waals surface area contributed by atoms with E-state index in [0.717, 1.165) is 16.9 Å². The molecule has 2 heterocycles. The second-order valence-electron chi connectivity index (χ2n) is 4.64. The molecule has 1 saturated heterocycles. The zero-order valence-electron chi connectivity index (χ0n) is 10.5. The first-order valence-electron chi connectivity index (χ1n) is 6.16. The quantitative estimate of drug-likeness (QED) is 0.831. The summed E-state index contributed by atoms with van der Waals surface area (Å²) in [6, 6.07) is 7.23. The van der Waals surface area contributed by atoms with Crippen molar-refractivity contribution in [2.75, 3.05) is 13.2 Å². The van der Waals surface area contributed by atoms with E-state index in [-0.39, 0.29) is 12.7 Å². The molecule has 0 bridgehead atoms. The Morgan fingerprint density at radius 2 is 2.32 bits per heavy atom. The van der Waals surface area contributed by atoms with Crippen LogP contribution in [0, 0.1) is 0 Å². The van der Waals surface area contributed by atoms with E-state index < -0.39 is 12.0 Å². The largest absolute Gasteiger partial charge is 0.480 e. The Morgan fingerprint density at radius 1 is 1.53 bits per heavy atom. The van der Waals surface area contributed by atoms with Crippen LogP contribution in [-0.4, -0.2) is 39.8 Å². The van der Waals surface area contributed by atoms with Crippen LogP contribution >= 0.6 is 0 Å². The topological polar surface area (TPSA) is 76.4 Å². The van der Waals surface area contributed by atoms with Gasteiger partial charge in [0, 0.05) is 13.6 Å². The molecule has 1 aromatic carbocycles. The summed E-state index contributed by atoms with van der Waals surface area (Å²) in [5, 5.41) is 11.9. The van der Waals surface area contributed by atoms with E-state index in [0.29, 0.717) is 6.54 Å². The van der Waals surface area contributed by atoms with E-state index in [1.165, 1.54) is 0 Å². The molecule has 2 atom stereocenters. The number of hydrogen-bond acceptors (Lipinski definition) is 4. The number of morpholine rings is 1. The lowest BCUT2D eigenvalue weighted by Crippen LogP contribution is -2.47. The average Bonchev–Trinajstić information content (AvgIpc) is 2.77. The molecule has 2 N–H and O–H groups in total. The minimum Gasteiger partial charge on any atom is -0.480 e. The minimum atomic E-state index is -0.886. The number of carboxylic acid groups (broad SMARTS) is 1. The van der Waals surface area contributed by atoms with Crippen LogP contribution in [0.25, 0.3) is 11.0 Å². The van der Waals surface area contributed by atoms with Crippen molar-refractivity contribution in [3.8, 4) is 0 Å². The van der Waals surface area contributed by atoms with E-state index >= 15 is 0 Å². The van der Waals surface area contributed by atoms with Gasteiger partial charge in [-0.05, 0) is 12.1 Å². The third-order valence-electron chi connectivity index (χ3n) is 3.42. The predicted molar refractivity (Wildman–Crippen MR) is 68.8 cm³/mol. The van der Waals surface area contributed by atoms with Gasteiger partial charge in [-0.2, -0.15) is 0 Å². The maximum Gasteiger partial charge on any atom is 0.323 e. The molecule has 1 aromatic heterocycles. The summed E-state index contributed by atoms with van der Waals surface area (Å²) in [7, 11) is 1.94. The summed E-state index contributed by atoms with van der Waals surface area (Å²) < 4.78 is 7.61. The highest BCUT2D eigenvalue weighted by atomic mass is 16.5. The van der Waals surface area contributed by atoms with Crippen molar-refractivity contribution in [1.29, 1.82) is 0 Å². The molecule has 0 saturated carbocycles. The van der Waals surface area contributed by atoms with E-state index in [4.69, 9.17) is 9.84 Å². The van der Waals surface area contributed by atoms with Gasteiger partial charge in [0.2, 0.25) is 0 Å². The van der Waals surface area contributed by atoms with E-state index in [2.05, 4.69) is 10.3 Å². The number of para-hydroxylation sites is 2. The number of rotatable bonds is 2. The van der Waals surface area contributed by atoms with Crippen LogP contribution in [0.4, 0.5) is 0 Å². The van der Waals surface area contributed by atoms with E-state index in [1.807, 2.05) is 35.9 Å². The Kier molecular flexibility index (Phi) is 2.96. The Labute approximate surface area is 110 Å². The number of imidazole rings is 1. The van der Waals surface area contributed by atoms with Crippen LogP contribution in [0.2, 0.25) is 0 Å². The van der Waals surface area contributed by atoms with Crippen LogP contribution in [0.5, 0.6) is 0 Å². The van der Waals surface area contributed by atoms with Crippen molar-refractivity contribution in [1.82, 2.24) is 14.9 Å². The molecular weight excluding hydrogens is 246 g/mol.